The first kappa shape index (κ1) is 14.1. The lowest BCUT2D eigenvalue weighted by Crippen LogP contribution is -2.33. The number of thiophene rings is 1. The van der Waals surface area contributed by atoms with Crippen LogP contribution in [0, 0.1) is 5.92 Å². The number of carbonyl (C=O) groups excluding carboxylic acids is 1. The SMILES string of the molecule is CC(CC(=O)O)CC(=O)N(Cc1cccs1)C1CC1. The third kappa shape index (κ3) is 4.35. The van der Waals surface area contributed by atoms with Gasteiger partial charge in [0.1, 0.15) is 0 Å². The highest BCUT2D eigenvalue weighted by Gasteiger charge is 2.33. The lowest BCUT2D eigenvalue weighted by molar-refractivity contribution is -0.138. The van der Waals surface area contributed by atoms with Crippen molar-refractivity contribution in [2.24, 2.45) is 5.92 Å². The van der Waals surface area contributed by atoms with Gasteiger partial charge in [-0.25, -0.2) is 0 Å². The fourth-order valence-corrected chi connectivity index (χ4v) is 2.87. The summed E-state index contributed by atoms with van der Waals surface area (Å²) in [5.74, 6) is -0.851. The molecule has 1 unspecified atom stereocenters. The standard InChI is InChI=1S/C14H19NO3S/c1-10(8-14(17)18)7-13(16)15(11-4-5-11)9-12-3-2-6-19-12/h2-3,6,10-11H,4-5,7-9H2,1H3,(H,17,18). The molecule has 0 radical (unpaired) electrons. The van der Waals surface area contributed by atoms with E-state index in [0.29, 0.717) is 19.0 Å². The molecule has 4 nitrogen and oxygen atoms in total. The molecule has 1 atom stereocenters. The number of nitrogens with zero attached hydrogens (tertiary/aromatic N) is 1. The van der Waals surface area contributed by atoms with Crippen molar-refractivity contribution in [3.63, 3.8) is 0 Å². The molecule has 1 heterocycles. The minimum Gasteiger partial charge on any atom is -0.481 e. The van der Waals surface area contributed by atoms with Crippen LogP contribution in [0.25, 0.3) is 0 Å². The first-order valence-electron chi connectivity index (χ1n) is 6.60. The average Bonchev–Trinajstić information content (AvgIpc) is 3.02. The van der Waals surface area contributed by atoms with E-state index in [1.165, 1.54) is 4.88 Å². The summed E-state index contributed by atoms with van der Waals surface area (Å²) in [4.78, 5) is 26.0. The molecule has 2 rings (SSSR count). The predicted octanol–water partition coefficient (Wildman–Crippen LogP) is 2.74. The van der Waals surface area contributed by atoms with Gasteiger partial charge in [0.25, 0.3) is 0 Å². The molecule has 1 aromatic rings. The zero-order chi connectivity index (χ0) is 13.8. The average molecular weight is 281 g/mol. The van der Waals surface area contributed by atoms with Gasteiger partial charge in [-0.3, -0.25) is 9.59 Å². The Bertz CT molecular complexity index is 440. The highest BCUT2D eigenvalue weighted by Crippen LogP contribution is 2.30. The number of amides is 1. The van der Waals surface area contributed by atoms with Crippen LogP contribution in [0.3, 0.4) is 0 Å². The summed E-state index contributed by atoms with van der Waals surface area (Å²) in [5.41, 5.74) is 0. The van der Waals surface area contributed by atoms with Crippen LogP contribution in [-0.2, 0) is 16.1 Å². The van der Waals surface area contributed by atoms with Crippen molar-refractivity contribution in [3.8, 4) is 0 Å². The number of carboxylic acid groups (broad SMARTS) is 1. The fraction of sp³-hybridized carbons (Fsp3) is 0.571. The predicted molar refractivity (Wildman–Crippen MR) is 73.9 cm³/mol. The molecule has 1 aliphatic carbocycles. The third-order valence-corrected chi connectivity index (χ3v) is 4.12. The molecule has 19 heavy (non-hydrogen) atoms. The van der Waals surface area contributed by atoms with Crippen molar-refractivity contribution < 1.29 is 14.7 Å². The number of rotatable bonds is 7. The molecule has 104 valence electrons. The van der Waals surface area contributed by atoms with Gasteiger partial charge in [-0.2, -0.15) is 0 Å². The Hall–Kier alpha value is -1.36. The first-order chi connectivity index (χ1) is 9.06. The largest absolute Gasteiger partial charge is 0.481 e. The number of hydrogen-bond donors (Lipinski definition) is 1. The summed E-state index contributed by atoms with van der Waals surface area (Å²) in [6.07, 6.45) is 2.53. The van der Waals surface area contributed by atoms with Gasteiger partial charge >= 0.3 is 5.97 Å². The van der Waals surface area contributed by atoms with Crippen LogP contribution in [-0.4, -0.2) is 27.9 Å². The molecule has 0 aliphatic heterocycles. The molecular formula is C14H19NO3S. The van der Waals surface area contributed by atoms with Crippen molar-refractivity contribution in [1.29, 1.82) is 0 Å². The normalized spacial score (nSPS) is 16.1. The monoisotopic (exact) mass is 281 g/mol. The number of carbonyl (C=O) groups is 2. The van der Waals surface area contributed by atoms with Gasteiger partial charge in [0.2, 0.25) is 5.91 Å². The molecule has 0 aromatic carbocycles. The fourth-order valence-electron chi connectivity index (χ4n) is 2.16. The van der Waals surface area contributed by atoms with Gasteiger partial charge in [-0.15, -0.1) is 11.3 Å². The second-order valence-corrected chi connectivity index (χ2v) is 6.27. The smallest absolute Gasteiger partial charge is 0.303 e. The highest BCUT2D eigenvalue weighted by atomic mass is 32.1. The van der Waals surface area contributed by atoms with Crippen molar-refractivity contribution in [1.82, 2.24) is 4.90 Å². The summed E-state index contributed by atoms with van der Waals surface area (Å²) in [6.45, 7) is 2.49. The minimum absolute atomic E-state index is 0.0588. The lowest BCUT2D eigenvalue weighted by Gasteiger charge is -2.23. The molecule has 1 N–H and O–H groups in total. The Morgan fingerprint density at radius 3 is 2.74 bits per heavy atom. The Kier molecular flexibility index (Phi) is 4.58. The second-order valence-electron chi connectivity index (χ2n) is 5.24. The van der Waals surface area contributed by atoms with Gasteiger partial charge < -0.3 is 10.0 Å². The van der Waals surface area contributed by atoms with E-state index < -0.39 is 5.97 Å². The van der Waals surface area contributed by atoms with E-state index in [1.807, 2.05) is 29.3 Å². The van der Waals surface area contributed by atoms with Crippen molar-refractivity contribution in [2.45, 2.75) is 45.2 Å². The van der Waals surface area contributed by atoms with E-state index in [1.54, 1.807) is 11.3 Å². The van der Waals surface area contributed by atoms with Gasteiger partial charge in [0.05, 0.1) is 6.54 Å². The Morgan fingerprint density at radius 1 is 1.47 bits per heavy atom. The van der Waals surface area contributed by atoms with Crippen LogP contribution in [0.1, 0.15) is 37.5 Å². The maximum absolute atomic E-state index is 12.3. The zero-order valence-electron chi connectivity index (χ0n) is 11.0. The van der Waals surface area contributed by atoms with Gasteiger partial charge in [0, 0.05) is 23.8 Å². The van der Waals surface area contributed by atoms with E-state index in [-0.39, 0.29) is 18.2 Å². The topological polar surface area (TPSA) is 57.6 Å². The van der Waals surface area contributed by atoms with Crippen LogP contribution in [0.15, 0.2) is 17.5 Å². The van der Waals surface area contributed by atoms with Crippen molar-refractivity contribution >= 4 is 23.2 Å². The molecule has 5 heteroatoms. The molecule has 0 bridgehead atoms. The minimum atomic E-state index is -0.837. The Balaban J connectivity index is 1.91. The van der Waals surface area contributed by atoms with E-state index in [4.69, 9.17) is 5.11 Å². The molecule has 0 spiro atoms. The summed E-state index contributed by atoms with van der Waals surface area (Å²) in [6, 6.07) is 4.39. The number of aliphatic carboxylic acids is 1. The van der Waals surface area contributed by atoms with Gasteiger partial charge in [-0.05, 0) is 30.2 Å². The Morgan fingerprint density at radius 2 is 2.21 bits per heavy atom. The van der Waals surface area contributed by atoms with Crippen molar-refractivity contribution in [3.05, 3.63) is 22.4 Å². The van der Waals surface area contributed by atoms with E-state index in [2.05, 4.69) is 0 Å². The van der Waals surface area contributed by atoms with E-state index >= 15 is 0 Å². The molecular weight excluding hydrogens is 262 g/mol. The number of carboxylic acids is 1. The maximum Gasteiger partial charge on any atom is 0.303 e. The van der Waals surface area contributed by atoms with Crippen LogP contribution in [0.5, 0.6) is 0 Å². The summed E-state index contributed by atoms with van der Waals surface area (Å²) >= 11 is 1.66. The van der Waals surface area contributed by atoms with E-state index in [0.717, 1.165) is 12.8 Å². The molecule has 1 aliphatic rings. The summed E-state index contributed by atoms with van der Waals surface area (Å²) < 4.78 is 0. The Labute approximate surface area is 117 Å². The summed E-state index contributed by atoms with van der Waals surface area (Å²) in [5, 5.41) is 10.8. The molecule has 1 saturated carbocycles. The zero-order valence-corrected chi connectivity index (χ0v) is 11.9. The second kappa shape index (κ2) is 6.19. The van der Waals surface area contributed by atoms with Crippen LogP contribution in [0.2, 0.25) is 0 Å². The first-order valence-corrected chi connectivity index (χ1v) is 7.48. The lowest BCUT2D eigenvalue weighted by atomic mass is 10.0. The molecule has 1 aromatic heterocycles. The maximum atomic E-state index is 12.3. The molecule has 1 fully saturated rings. The van der Waals surface area contributed by atoms with E-state index in [9.17, 15) is 9.59 Å². The van der Waals surface area contributed by atoms with Crippen molar-refractivity contribution in [2.75, 3.05) is 0 Å². The molecule has 0 saturated heterocycles. The number of hydrogen-bond acceptors (Lipinski definition) is 3. The van der Waals surface area contributed by atoms with Gasteiger partial charge in [-0.1, -0.05) is 13.0 Å². The summed E-state index contributed by atoms with van der Waals surface area (Å²) in [7, 11) is 0. The molecule has 1 amide bonds. The van der Waals surface area contributed by atoms with Crippen LogP contribution < -0.4 is 0 Å². The van der Waals surface area contributed by atoms with Crippen LogP contribution in [0.4, 0.5) is 0 Å². The third-order valence-electron chi connectivity index (χ3n) is 3.26. The highest BCUT2D eigenvalue weighted by molar-refractivity contribution is 7.09. The van der Waals surface area contributed by atoms with Gasteiger partial charge in [0.15, 0.2) is 0 Å². The quantitative estimate of drug-likeness (QED) is 0.836. The van der Waals surface area contributed by atoms with Crippen LogP contribution >= 0.6 is 11.3 Å².